The van der Waals surface area contributed by atoms with Gasteiger partial charge in [0.2, 0.25) is 0 Å². The largest absolute Gasteiger partial charge is 0.508 e. The molecule has 29 heavy (non-hydrogen) atoms. The fourth-order valence-corrected chi connectivity index (χ4v) is 5.50. The van der Waals surface area contributed by atoms with Gasteiger partial charge in [0.05, 0.1) is 10.0 Å². The van der Waals surface area contributed by atoms with Crippen LogP contribution in [0.5, 0.6) is 11.5 Å². The molecule has 0 amide bonds. The zero-order valence-corrected chi connectivity index (χ0v) is 18.1. The van der Waals surface area contributed by atoms with Crippen LogP contribution in [0.2, 0.25) is 20.1 Å². The van der Waals surface area contributed by atoms with Crippen molar-refractivity contribution in [3.8, 4) is 11.5 Å². The normalized spacial score (nSPS) is 13.8. The predicted molar refractivity (Wildman–Crippen MR) is 114 cm³/mol. The molecule has 0 aliphatic heterocycles. The molecule has 0 aliphatic rings. The molecule has 0 radical (unpaired) electrons. The quantitative estimate of drug-likeness (QED) is 0.239. The average molecular weight is 494 g/mol. The van der Waals surface area contributed by atoms with Gasteiger partial charge in [0.15, 0.2) is 4.75 Å². The van der Waals surface area contributed by atoms with Crippen LogP contribution in [0.25, 0.3) is 0 Å². The molecule has 0 aliphatic carbocycles. The van der Waals surface area contributed by atoms with E-state index < -0.39 is 26.4 Å². The highest BCUT2D eigenvalue weighted by molar-refractivity contribution is 7.87. The zero-order valence-electron chi connectivity index (χ0n) is 14.3. The van der Waals surface area contributed by atoms with Gasteiger partial charge in [-0.05, 0) is 47.5 Å². The summed E-state index contributed by atoms with van der Waals surface area (Å²) in [4.78, 5) is 0. The highest BCUT2D eigenvalue weighted by atomic mass is 35.5. The van der Waals surface area contributed by atoms with Crippen molar-refractivity contribution in [2.45, 2.75) is 4.75 Å². The van der Waals surface area contributed by atoms with Crippen molar-refractivity contribution < 1.29 is 23.2 Å². The number of hydrogen-bond donors (Lipinski definition) is 3. The minimum absolute atomic E-state index is 0.0160. The molecule has 0 saturated heterocycles. The van der Waals surface area contributed by atoms with Crippen LogP contribution >= 0.6 is 46.4 Å². The molecule has 10 heteroatoms. The summed E-state index contributed by atoms with van der Waals surface area (Å²) < 4.78 is 34.0. The third-order valence-corrected chi connectivity index (χ3v) is 7.02. The van der Waals surface area contributed by atoms with Crippen LogP contribution in [0.3, 0.4) is 0 Å². The molecule has 3 aromatic rings. The van der Waals surface area contributed by atoms with Gasteiger partial charge in [0.25, 0.3) is 10.1 Å². The molecule has 0 heterocycles. The molecule has 3 rings (SSSR count). The molecule has 5 nitrogen and oxygen atoms in total. The minimum Gasteiger partial charge on any atom is -0.508 e. The number of phenolic OH excluding ortho intramolecular Hbond substituents is 2. The van der Waals surface area contributed by atoms with E-state index in [1.54, 1.807) is 0 Å². The number of rotatable bonds is 4. The zero-order chi connectivity index (χ0) is 21.6. The van der Waals surface area contributed by atoms with E-state index in [4.69, 9.17) is 46.4 Å². The molecule has 1 unspecified atom stereocenters. The molecular weight excluding hydrogens is 482 g/mol. The van der Waals surface area contributed by atoms with E-state index in [9.17, 15) is 23.2 Å². The van der Waals surface area contributed by atoms with E-state index in [1.807, 2.05) is 0 Å². The Morgan fingerprint density at radius 2 is 1.38 bits per heavy atom. The van der Waals surface area contributed by atoms with Crippen molar-refractivity contribution in [3.63, 3.8) is 0 Å². The molecule has 0 saturated carbocycles. The first kappa shape index (κ1) is 22.0. The van der Waals surface area contributed by atoms with Crippen LogP contribution in [-0.2, 0) is 14.9 Å². The van der Waals surface area contributed by atoms with Crippen LogP contribution in [0.15, 0.2) is 54.6 Å². The Hall–Kier alpha value is -1.67. The van der Waals surface area contributed by atoms with Gasteiger partial charge in [-0.2, -0.15) is 8.42 Å². The topological polar surface area (TPSA) is 94.8 Å². The lowest BCUT2D eigenvalue weighted by molar-refractivity contribution is 0.444. The second kappa shape index (κ2) is 7.87. The van der Waals surface area contributed by atoms with E-state index in [1.165, 1.54) is 36.4 Å². The lowest BCUT2D eigenvalue weighted by Crippen LogP contribution is -2.38. The number of phenols is 2. The van der Waals surface area contributed by atoms with Gasteiger partial charge >= 0.3 is 0 Å². The van der Waals surface area contributed by atoms with Gasteiger partial charge in [-0.3, -0.25) is 4.55 Å². The summed E-state index contributed by atoms with van der Waals surface area (Å²) in [7, 11) is -5.07. The van der Waals surface area contributed by atoms with Crippen molar-refractivity contribution in [1.29, 1.82) is 0 Å². The van der Waals surface area contributed by atoms with Gasteiger partial charge in [0, 0.05) is 21.7 Å². The summed E-state index contributed by atoms with van der Waals surface area (Å²) in [5.74, 6) is -0.890. The summed E-state index contributed by atoms with van der Waals surface area (Å²) in [5, 5.41) is 20.0. The van der Waals surface area contributed by atoms with E-state index in [0.29, 0.717) is 0 Å². The molecule has 3 N–H and O–H groups in total. The van der Waals surface area contributed by atoms with Crippen LogP contribution in [-0.4, -0.2) is 23.2 Å². The second-order valence-electron chi connectivity index (χ2n) is 6.15. The number of halogens is 4. The predicted octanol–water partition coefficient (Wildman–Crippen LogP) is 5.89. The Balaban J connectivity index is 2.63. The van der Waals surface area contributed by atoms with E-state index in [-0.39, 0.29) is 36.8 Å². The summed E-state index contributed by atoms with van der Waals surface area (Å²) >= 11 is 24.7. The highest BCUT2D eigenvalue weighted by Crippen LogP contribution is 2.50. The van der Waals surface area contributed by atoms with Crippen molar-refractivity contribution in [2.75, 3.05) is 0 Å². The van der Waals surface area contributed by atoms with Gasteiger partial charge in [-0.15, -0.1) is 0 Å². The Morgan fingerprint density at radius 1 is 0.759 bits per heavy atom. The first-order valence-corrected chi connectivity index (χ1v) is 10.8. The fourth-order valence-electron chi connectivity index (χ4n) is 3.23. The summed E-state index contributed by atoms with van der Waals surface area (Å²) in [6.45, 7) is 0. The molecule has 0 bridgehead atoms. The smallest absolute Gasteiger partial charge is 0.283 e. The molecule has 152 valence electrons. The van der Waals surface area contributed by atoms with Crippen molar-refractivity contribution >= 4 is 56.5 Å². The molecule has 1 atom stereocenters. The maximum atomic E-state index is 13.0. The molecule has 0 spiro atoms. The average Bonchev–Trinajstić information content (AvgIpc) is 2.57. The molecule has 0 aromatic heterocycles. The highest BCUT2D eigenvalue weighted by Gasteiger charge is 2.50. The summed E-state index contributed by atoms with van der Waals surface area (Å²) in [6, 6.07) is 11.4. The van der Waals surface area contributed by atoms with Crippen LogP contribution in [0.4, 0.5) is 0 Å². The fraction of sp³-hybridized carbons (Fsp3) is 0.0526. The number of benzene rings is 3. The Morgan fingerprint density at radius 3 is 1.93 bits per heavy atom. The lowest BCUT2D eigenvalue weighted by Gasteiger charge is -2.33. The lowest BCUT2D eigenvalue weighted by atomic mass is 9.83. The van der Waals surface area contributed by atoms with E-state index >= 15 is 0 Å². The molecular formula is C19H12Cl4O5S. The maximum Gasteiger partial charge on any atom is 0.283 e. The minimum atomic E-state index is -5.07. The number of hydrogen-bond acceptors (Lipinski definition) is 4. The monoisotopic (exact) mass is 492 g/mol. The van der Waals surface area contributed by atoms with Gasteiger partial charge in [-0.1, -0.05) is 58.5 Å². The second-order valence-corrected chi connectivity index (χ2v) is 9.37. The van der Waals surface area contributed by atoms with Crippen molar-refractivity contribution in [2.24, 2.45) is 0 Å². The third-order valence-electron chi connectivity index (χ3n) is 4.30. The number of aromatic hydroxyl groups is 2. The van der Waals surface area contributed by atoms with Gasteiger partial charge in [-0.25, -0.2) is 0 Å². The summed E-state index contributed by atoms with van der Waals surface area (Å²) in [6.07, 6.45) is 0. The van der Waals surface area contributed by atoms with E-state index in [2.05, 4.69) is 0 Å². The maximum absolute atomic E-state index is 13.0. The summed E-state index contributed by atoms with van der Waals surface area (Å²) in [5.41, 5.74) is -0.413. The van der Waals surface area contributed by atoms with E-state index in [0.717, 1.165) is 18.2 Å². The Kier molecular flexibility index (Phi) is 5.98. The van der Waals surface area contributed by atoms with Gasteiger partial charge < -0.3 is 10.2 Å². The van der Waals surface area contributed by atoms with Crippen molar-refractivity contribution in [3.05, 3.63) is 91.4 Å². The standard InChI is InChI=1S/C19H12Cl4O5S/c20-12-3-1-2-10(4-12)19(29(26,27)28,11-5-14(24)9-15(25)6-11)16-7-13(21)8-17(22)18(16)23/h1-9,24-25H,(H,26,27,28). The molecule has 0 fully saturated rings. The van der Waals surface area contributed by atoms with Crippen LogP contribution < -0.4 is 0 Å². The SMILES string of the molecule is O=S(=O)(O)C(c1cc(O)cc(O)c1)(c1cccc(Cl)c1)c1cc(Cl)cc(Cl)c1Cl. The Labute approximate surface area is 186 Å². The van der Waals surface area contributed by atoms with Gasteiger partial charge in [0.1, 0.15) is 11.5 Å². The van der Waals surface area contributed by atoms with Crippen LogP contribution in [0.1, 0.15) is 16.7 Å². The first-order chi connectivity index (χ1) is 13.5. The molecule has 3 aromatic carbocycles. The third kappa shape index (κ3) is 3.89. The van der Waals surface area contributed by atoms with Crippen LogP contribution in [0, 0.1) is 0 Å². The first-order valence-electron chi connectivity index (χ1n) is 7.88. The Bertz CT molecular complexity index is 1190. The van der Waals surface area contributed by atoms with Crippen molar-refractivity contribution in [1.82, 2.24) is 0 Å².